The third kappa shape index (κ3) is 3.46. The van der Waals surface area contributed by atoms with E-state index in [1.807, 2.05) is 0 Å². The van der Waals surface area contributed by atoms with Gasteiger partial charge in [0.1, 0.15) is 4.90 Å². The molecule has 1 aliphatic carbocycles. The van der Waals surface area contributed by atoms with E-state index in [9.17, 15) is 8.42 Å². The zero-order valence-corrected chi connectivity index (χ0v) is 13.8. The Bertz CT molecular complexity index is 595. The summed E-state index contributed by atoms with van der Waals surface area (Å²) in [6.45, 7) is 6.17. The number of hydrogen-bond donors (Lipinski definition) is 2. The lowest BCUT2D eigenvalue weighted by atomic mass is 10.1. The van der Waals surface area contributed by atoms with Crippen molar-refractivity contribution in [2.45, 2.75) is 63.9 Å². The van der Waals surface area contributed by atoms with Gasteiger partial charge in [-0.25, -0.2) is 13.1 Å². The molecule has 1 aromatic heterocycles. The van der Waals surface area contributed by atoms with Crippen molar-refractivity contribution >= 4 is 10.0 Å². The minimum atomic E-state index is -3.54. The molecule has 0 bridgehead atoms. The summed E-state index contributed by atoms with van der Waals surface area (Å²) >= 11 is 0. The Kier molecular flexibility index (Phi) is 5.06. The van der Waals surface area contributed by atoms with Crippen LogP contribution in [0.2, 0.25) is 0 Å². The van der Waals surface area contributed by atoms with Crippen LogP contribution in [0.25, 0.3) is 0 Å². The fourth-order valence-electron chi connectivity index (χ4n) is 3.09. The summed E-state index contributed by atoms with van der Waals surface area (Å²) in [5, 5.41) is 13.2. The van der Waals surface area contributed by atoms with Gasteiger partial charge >= 0.3 is 0 Å². The summed E-state index contributed by atoms with van der Waals surface area (Å²) in [6.07, 6.45) is 3.61. The van der Waals surface area contributed by atoms with E-state index in [1.54, 1.807) is 18.5 Å². The standard InChI is InChI=1S/C14H25N3O3S/c1-10-6-4-7-13(10)16-21(19,20)14-11(2)15-17(12(14)3)8-5-9-18/h10,13,16,18H,4-9H2,1-3H3. The van der Waals surface area contributed by atoms with Crippen molar-refractivity contribution in [3.05, 3.63) is 11.4 Å². The lowest BCUT2D eigenvalue weighted by Crippen LogP contribution is -2.36. The molecule has 0 radical (unpaired) electrons. The van der Waals surface area contributed by atoms with Crippen LogP contribution < -0.4 is 4.72 Å². The average Bonchev–Trinajstić information content (AvgIpc) is 2.91. The predicted molar refractivity (Wildman–Crippen MR) is 80.5 cm³/mol. The van der Waals surface area contributed by atoms with Gasteiger partial charge in [0.15, 0.2) is 0 Å². The zero-order chi connectivity index (χ0) is 15.6. The molecule has 2 N–H and O–H groups in total. The molecule has 2 rings (SSSR count). The second-order valence-electron chi connectivity index (χ2n) is 5.94. The highest BCUT2D eigenvalue weighted by Gasteiger charge is 2.31. The highest BCUT2D eigenvalue weighted by molar-refractivity contribution is 7.89. The number of nitrogens with zero attached hydrogens (tertiary/aromatic N) is 2. The largest absolute Gasteiger partial charge is 0.396 e. The van der Waals surface area contributed by atoms with E-state index < -0.39 is 10.0 Å². The SMILES string of the molecule is Cc1nn(CCCO)c(C)c1S(=O)(=O)NC1CCCC1C. The lowest BCUT2D eigenvalue weighted by molar-refractivity contribution is 0.276. The van der Waals surface area contributed by atoms with Gasteiger partial charge in [-0.3, -0.25) is 4.68 Å². The normalized spacial score (nSPS) is 22.9. The van der Waals surface area contributed by atoms with Crippen LogP contribution in [-0.4, -0.2) is 36.0 Å². The quantitative estimate of drug-likeness (QED) is 0.830. The second-order valence-corrected chi connectivity index (χ2v) is 7.59. The molecule has 1 aliphatic rings. The van der Waals surface area contributed by atoms with Crippen LogP contribution in [0.15, 0.2) is 4.90 Å². The van der Waals surface area contributed by atoms with Gasteiger partial charge in [0.05, 0.1) is 11.4 Å². The summed E-state index contributed by atoms with van der Waals surface area (Å²) < 4.78 is 29.8. The Morgan fingerprint density at radius 1 is 1.38 bits per heavy atom. The number of nitrogens with one attached hydrogen (secondary N) is 1. The predicted octanol–water partition coefficient (Wildman–Crippen LogP) is 1.35. The molecule has 1 saturated carbocycles. The van der Waals surface area contributed by atoms with Gasteiger partial charge < -0.3 is 5.11 Å². The number of aryl methyl sites for hydroxylation is 2. The smallest absolute Gasteiger partial charge is 0.244 e. The Morgan fingerprint density at radius 2 is 2.10 bits per heavy atom. The van der Waals surface area contributed by atoms with E-state index in [-0.39, 0.29) is 12.6 Å². The van der Waals surface area contributed by atoms with Crippen molar-refractivity contribution in [3.63, 3.8) is 0 Å². The maximum Gasteiger partial charge on any atom is 0.244 e. The molecule has 0 spiro atoms. The zero-order valence-electron chi connectivity index (χ0n) is 13.0. The topological polar surface area (TPSA) is 84.2 Å². The molecule has 21 heavy (non-hydrogen) atoms. The van der Waals surface area contributed by atoms with Crippen molar-refractivity contribution in [1.82, 2.24) is 14.5 Å². The molecule has 0 saturated heterocycles. The van der Waals surface area contributed by atoms with Crippen LogP contribution >= 0.6 is 0 Å². The van der Waals surface area contributed by atoms with Crippen molar-refractivity contribution < 1.29 is 13.5 Å². The van der Waals surface area contributed by atoms with Crippen LogP contribution in [0.1, 0.15) is 44.0 Å². The third-order valence-corrected chi connectivity index (χ3v) is 6.02. The number of hydrogen-bond acceptors (Lipinski definition) is 4. The average molecular weight is 315 g/mol. The molecule has 2 unspecified atom stereocenters. The van der Waals surface area contributed by atoms with Crippen LogP contribution in [0.3, 0.4) is 0 Å². The van der Waals surface area contributed by atoms with Gasteiger partial charge in [0.2, 0.25) is 10.0 Å². The van der Waals surface area contributed by atoms with Gasteiger partial charge in [-0.05, 0) is 39.0 Å². The fraction of sp³-hybridized carbons (Fsp3) is 0.786. The van der Waals surface area contributed by atoms with E-state index in [4.69, 9.17) is 5.11 Å². The molecule has 1 aromatic rings. The van der Waals surface area contributed by atoms with Crippen LogP contribution in [0.4, 0.5) is 0 Å². The molecule has 1 fully saturated rings. The van der Waals surface area contributed by atoms with Gasteiger partial charge in [-0.15, -0.1) is 0 Å². The molecule has 0 aromatic carbocycles. The van der Waals surface area contributed by atoms with Gasteiger partial charge in [-0.1, -0.05) is 13.3 Å². The molecule has 6 nitrogen and oxygen atoms in total. The first-order valence-electron chi connectivity index (χ1n) is 7.54. The lowest BCUT2D eigenvalue weighted by Gasteiger charge is -2.17. The van der Waals surface area contributed by atoms with Gasteiger partial charge in [0.25, 0.3) is 0 Å². The Labute approximate surface area is 126 Å². The first kappa shape index (κ1) is 16.5. The van der Waals surface area contributed by atoms with Crippen LogP contribution in [0, 0.1) is 19.8 Å². The van der Waals surface area contributed by atoms with E-state index >= 15 is 0 Å². The summed E-state index contributed by atoms with van der Waals surface area (Å²) in [6, 6.07) is 0.0228. The van der Waals surface area contributed by atoms with E-state index in [2.05, 4.69) is 16.7 Å². The monoisotopic (exact) mass is 315 g/mol. The number of sulfonamides is 1. The number of aliphatic hydroxyl groups excluding tert-OH is 1. The Balaban J connectivity index is 2.25. The second kappa shape index (κ2) is 6.46. The molecule has 120 valence electrons. The van der Waals surface area contributed by atoms with E-state index in [0.29, 0.717) is 35.2 Å². The highest BCUT2D eigenvalue weighted by atomic mass is 32.2. The maximum atomic E-state index is 12.6. The molecule has 0 aliphatic heterocycles. The summed E-state index contributed by atoms with van der Waals surface area (Å²) in [7, 11) is -3.54. The van der Waals surface area contributed by atoms with E-state index in [1.165, 1.54) is 0 Å². The highest BCUT2D eigenvalue weighted by Crippen LogP contribution is 2.27. The maximum absolute atomic E-state index is 12.6. The van der Waals surface area contributed by atoms with Crippen LogP contribution in [-0.2, 0) is 16.6 Å². The molecule has 1 heterocycles. The van der Waals surface area contributed by atoms with Gasteiger partial charge in [0, 0.05) is 19.2 Å². The van der Waals surface area contributed by atoms with Gasteiger partial charge in [-0.2, -0.15) is 5.10 Å². The number of aromatic nitrogens is 2. The van der Waals surface area contributed by atoms with Crippen molar-refractivity contribution in [1.29, 1.82) is 0 Å². The first-order valence-corrected chi connectivity index (χ1v) is 9.02. The van der Waals surface area contributed by atoms with Crippen LogP contribution in [0.5, 0.6) is 0 Å². The van der Waals surface area contributed by atoms with Crippen molar-refractivity contribution in [3.8, 4) is 0 Å². The summed E-state index contributed by atoms with van der Waals surface area (Å²) in [5.74, 6) is 0.379. The van der Waals surface area contributed by atoms with Crippen molar-refractivity contribution in [2.75, 3.05) is 6.61 Å². The number of rotatable bonds is 6. The molecule has 2 atom stereocenters. The first-order chi connectivity index (χ1) is 9.86. The Hall–Kier alpha value is -0.920. The minimum Gasteiger partial charge on any atom is -0.396 e. The summed E-state index contributed by atoms with van der Waals surface area (Å²) in [5.41, 5.74) is 1.16. The molecular weight excluding hydrogens is 290 g/mol. The summed E-state index contributed by atoms with van der Waals surface area (Å²) in [4.78, 5) is 0.291. The van der Waals surface area contributed by atoms with E-state index in [0.717, 1.165) is 19.3 Å². The fourth-order valence-corrected chi connectivity index (χ4v) is 4.88. The molecule has 7 heteroatoms. The number of aliphatic hydroxyl groups is 1. The molecule has 0 amide bonds. The Morgan fingerprint density at radius 3 is 2.67 bits per heavy atom. The minimum absolute atomic E-state index is 0.0228. The molecular formula is C14H25N3O3S. The van der Waals surface area contributed by atoms with Crippen molar-refractivity contribution in [2.24, 2.45) is 5.92 Å². The third-order valence-electron chi connectivity index (χ3n) is 4.28.